The third-order valence-electron chi connectivity index (χ3n) is 0.354. The SMILES string of the molecule is [BeH2].[CH2]CCC. The Balaban J connectivity index is 0. The minimum Gasteiger partial charge on any atom is -0.0654 e. The third-order valence-corrected chi connectivity index (χ3v) is 0.354. The molecule has 0 aromatic rings. The van der Waals surface area contributed by atoms with Crippen molar-refractivity contribution in [3.05, 3.63) is 6.92 Å². The van der Waals surface area contributed by atoms with Gasteiger partial charge < -0.3 is 0 Å². The van der Waals surface area contributed by atoms with Gasteiger partial charge in [-0.15, -0.1) is 0 Å². The Morgan fingerprint density at radius 1 is 1.60 bits per heavy atom. The molecule has 0 rings (SSSR count). The monoisotopic (exact) mass is 68.1 g/mol. The molecule has 0 heterocycles. The molecule has 0 unspecified atom stereocenters. The van der Waals surface area contributed by atoms with Crippen LogP contribution in [-0.4, -0.2) is 10.1 Å². The number of hydrogen-bond donors (Lipinski definition) is 0. The van der Waals surface area contributed by atoms with Gasteiger partial charge in [0.05, 0.1) is 0 Å². The van der Waals surface area contributed by atoms with E-state index in [1.54, 1.807) is 0 Å². The fourth-order valence-corrected chi connectivity index (χ4v) is 0. The van der Waals surface area contributed by atoms with Gasteiger partial charge in [0.15, 0.2) is 0 Å². The van der Waals surface area contributed by atoms with Crippen LogP contribution in [-0.2, 0) is 0 Å². The van der Waals surface area contributed by atoms with Crippen LogP contribution in [0.2, 0.25) is 0 Å². The molecule has 1 heteroatoms. The normalized spacial score (nSPS) is 6.00. The smallest absolute Gasteiger partial charge is 0.0533 e. The van der Waals surface area contributed by atoms with Crippen LogP contribution in [0.4, 0.5) is 0 Å². The zero-order chi connectivity index (χ0) is 3.41. The van der Waals surface area contributed by atoms with Crippen molar-refractivity contribution in [1.82, 2.24) is 0 Å². The third kappa shape index (κ3) is 14.4. The molecule has 5 heavy (non-hydrogen) atoms. The number of hydrogen-bond acceptors (Lipinski definition) is 0. The van der Waals surface area contributed by atoms with E-state index in [1.807, 2.05) is 0 Å². The quantitative estimate of drug-likeness (QED) is 0.397. The average Bonchev–Trinajstić information content (AvgIpc) is 1.37. The molecule has 29 valence electrons. The Labute approximate surface area is 37.8 Å². The molecular formula is C4H11Be. The van der Waals surface area contributed by atoms with Crippen molar-refractivity contribution >= 4 is 10.1 Å². The molecular weight excluding hydrogens is 57.1 g/mol. The molecule has 1 radical (unpaired) electrons. The Hall–Kier alpha value is 0.169. The van der Waals surface area contributed by atoms with Gasteiger partial charge in [0.2, 0.25) is 0 Å². The molecule has 0 aromatic carbocycles. The molecule has 0 nitrogen and oxygen atoms in total. The minimum atomic E-state index is 0. The summed E-state index contributed by atoms with van der Waals surface area (Å²) in [5, 5.41) is 0. The number of rotatable bonds is 1. The molecule has 0 bridgehead atoms. The maximum Gasteiger partial charge on any atom is -0.0533 e. The van der Waals surface area contributed by atoms with E-state index in [9.17, 15) is 0 Å². The van der Waals surface area contributed by atoms with Gasteiger partial charge in [-0.25, -0.2) is 0 Å². The van der Waals surface area contributed by atoms with Gasteiger partial charge in [0.1, 0.15) is 0 Å². The molecule has 0 saturated carbocycles. The van der Waals surface area contributed by atoms with Crippen molar-refractivity contribution in [2.75, 3.05) is 0 Å². The van der Waals surface area contributed by atoms with E-state index in [2.05, 4.69) is 13.8 Å². The standard InChI is InChI=1S/C4H9.Be.2H/c1-3-4-2;;;/h1,3-4H2,2H3;;;. The fraction of sp³-hybridized carbons (Fsp3) is 0.750. The minimum absolute atomic E-state index is 0. The summed E-state index contributed by atoms with van der Waals surface area (Å²) in [4.78, 5) is 0. The molecule has 0 aliphatic carbocycles. The summed E-state index contributed by atoms with van der Waals surface area (Å²) in [6.45, 7) is 5.72. The predicted molar refractivity (Wildman–Crippen MR) is 28.8 cm³/mol. The first kappa shape index (κ1) is 8.95. The molecule has 0 spiro atoms. The van der Waals surface area contributed by atoms with E-state index >= 15 is 0 Å². The van der Waals surface area contributed by atoms with Gasteiger partial charge in [-0.3, -0.25) is 0 Å². The molecule has 0 atom stereocenters. The van der Waals surface area contributed by atoms with Crippen LogP contribution in [0.3, 0.4) is 0 Å². The maximum atomic E-state index is 3.60. The van der Waals surface area contributed by atoms with E-state index in [-0.39, 0.29) is 10.1 Å². The van der Waals surface area contributed by atoms with Crippen molar-refractivity contribution < 1.29 is 0 Å². The van der Waals surface area contributed by atoms with E-state index in [0.717, 1.165) is 6.42 Å². The fourth-order valence-electron chi connectivity index (χ4n) is 0. The van der Waals surface area contributed by atoms with Crippen molar-refractivity contribution in [3.8, 4) is 0 Å². The summed E-state index contributed by atoms with van der Waals surface area (Å²) >= 11 is 0. The number of unbranched alkanes of at least 4 members (excludes halogenated alkanes) is 1. The van der Waals surface area contributed by atoms with Gasteiger partial charge in [-0.05, 0) is 0 Å². The van der Waals surface area contributed by atoms with Crippen LogP contribution in [0.5, 0.6) is 0 Å². The van der Waals surface area contributed by atoms with Crippen LogP contribution in [0.15, 0.2) is 0 Å². The summed E-state index contributed by atoms with van der Waals surface area (Å²) in [5.74, 6) is 0. The maximum absolute atomic E-state index is 3.60. The summed E-state index contributed by atoms with van der Waals surface area (Å²) in [5.41, 5.74) is 0. The molecule has 0 N–H and O–H groups in total. The van der Waals surface area contributed by atoms with Crippen LogP contribution < -0.4 is 0 Å². The van der Waals surface area contributed by atoms with Gasteiger partial charge in [0.25, 0.3) is 0 Å². The van der Waals surface area contributed by atoms with E-state index in [4.69, 9.17) is 0 Å². The van der Waals surface area contributed by atoms with Gasteiger partial charge in [0, 0.05) is 0 Å². The van der Waals surface area contributed by atoms with Crippen LogP contribution in [0, 0.1) is 6.92 Å². The van der Waals surface area contributed by atoms with Crippen LogP contribution in [0.1, 0.15) is 19.8 Å². The van der Waals surface area contributed by atoms with Gasteiger partial charge >= 0.3 is 10.1 Å². The first-order chi connectivity index (χ1) is 1.91. The summed E-state index contributed by atoms with van der Waals surface area (Å²) in [7, 11) is 0. The Morgan fingerprint density at radius 2 is 1.80 bits per heavy atom. The van der Waals surface area contributed by atoms with Crippen LogP contribution >= 0.6 is 0 Å². The Bertz CT molecular complexity index is 5.61. The summed E-state index contributed by atoms with van der Waals surface area (Å²) in [6.07, 6.45) is 2.28. The zero-order valence-corrected chi connectivity index (χ0v) is 3.12. The first-order valence-electron chi connectivity index (χ1n) is 1.71. The first-order valence-corrected chi connectivity index (χ1v) is 1.71. The second kappa shape index (κ2) is 8.90. The average molecular weight is 68.1 g/mol. The van der Waals surface area contributed by atoms with E-state index in [0.29, 0.717) is 0 Å². The predicted octanol–water partition coefficient (Wildman–Crippen LogP) is 0.704. The van der Waals surface area contributed by atoms with Crippen LogP contribution in [0.25, 0.3) is 0 Å². The van der Waals surface area contributed by atoms with Crippen molar-refractivity contribution in [3.63, 3.8) is 0 Å². The van der Waals surface area contributed by atoms with Gasteiger partial charge in [-0.1, -0.05) is 26.7 Å². The van der Waals surface area contributed by atoms with E-state index < -0.39 is 0 Å². The van der Waals surface area contributed by atoms with E-state index in [1.165, 1.54) is 6.42 Å². The summed E-state index contributed by atoms with van der Waals surface area (Å²) < 4.78 is 0. The molecule has 0 aliphatic heterocycles. The molecule has 0 fully saturated rings. The molecule has 0 amide bonds. The molecule has 0 saturated heterocycles. The topological polar surface area (TPSA) is 0 Å². The Morgan fingerprint density at radius 3 is 1.80 bits per heavy atom. The zero-order valence-electron chi connectivity index (χ0n) is 3.12. The second-order valence-electron chi connectivity index (χ2n) is 0.854. The summed E-state index contributed by atoms with van der Waals surface area (Å²) in [6, 6.07) is 0. The van der Waals surface area contributed by atoms with Crippen molar-refractivity contribution in [2.45, 2.75) is 19.8 Å². The van der Waals surface area contributed by atoms with Gasteiger partial charge in [-0.2, -0.15) is 0 Å². The van der Waals surface area contributed by atoms with Crippen molar-refractivity contribution in [1.29, 1.82) is 0 Å². The Kier molecular flexibility index (Phi) is 15.9. The molecule has 0 aromatic heterocycles. The van der Waals surface area contributed by atoms with Crippen molar-refractivity contribution in [2.24, 2.45) is 0 Å². The molecule has 0 aliphatic rings. The largest absolute Gasteiger partial charge is 0.0654 e. The second-order valence-corrected chi connectivity index (χ2v) is 0.854.